The van der Waals surface area contributed by atoms with Crippen LogP contribution in [0.3, 0.4) is 0 Å². The molecule has 0 aliphatic carbocycles. The summed E-state index contributed by atoms with van der Waals surface area (Å²) in [5.74, 6) is 1.60. The van der Waals surface area contributed by atoms with Gasteiger partial charge < -0.3 is 15.4 Å². The molecule has 1 heterocycles. The second-order valence-corrected chi connectivity index (χ2v) is 5.75. The minimum Gasteiger partial charge on any atom is -0.491 e. The Bertz CT molecular complexity index is 628. The van der Waals surface area contributed by atoms with Crippen molar-refractivity contribution in [3.05, 3.63) is 53.7 Å². The summed E-state index contributed by atoms with van der Waals surface area (Å²) in [6.07, 6.45) is 1.75. The van der Waals surface area contributed by atoms with Crippen molar-refractivity contribution < 1.29 is 4.74 Å². The molecule has 5 heteroatoms. The number of nitrogens with one attached hydrogen (secondary N) is 2. The summed E-state index contributed by atoms with van der Waals surface area (Å²) in [6.45, 7) is 6.62. The van der Waals surface area contributed by atoms with E-state index in [0.717, 1.165) is 17.1 Å². The van der Waals surface area contributed by atoms with Crippen LogP contribution < -0.4 is 15.4 Å². The summed E-state index contributed by atoms with van der Waals surface area (Å²) >= 11 is 5.29. The molecule has 0 bridgehead atoms. The minimum absolute atomic E-state index is 0.0890. The Morgan fingerprint density at radius 1 is 1.18 bits per heavy atom. The van der Waals surface area contributed by atoms with Crippen molar-refractivity contribution in [2.75, 3.05) is 11.9 Å². The van der Waals surface area contributed by atoms with Crippen LogP contribution in [0.2, 0.25) is 0 Å². The predicted octanol–water partition coefficient (Wildman–Crippen LogP) is 3.45. The molecule has 1 aromatic heterocycles. The smallest absolute Gasteiger partial charge is 0.172 e. The Balaban J connectivity index is 1.77. The Kier molecular flexibility index (Phi) is 5.72. The van der Waals surface area contributed by atoms with E-state index < -0.39 is 0 Å². The van der Waals surface area contributed by atoms with E-state index in [4.69, 9.17) is 17.0 Å². The van der Waals surface area contributed by atoms with Crippen LogP contribution in [0.1, 0.15) is 18.1 Å². The standard InChI is InChI=1S/C17H21N3OS/c1-12-4-6-15(7-5-12)21-11-14(3)19-17(22)20-16-10-13(2)8-9-18-16/h4-10,14H,11H2,1-3H3,(H2,18,19,20,22)/t14-/m1/s1. The van der Waals surface area contributed by atoms with Crippen LogP contribution in [0.15, 0.2) is 42.6 Å². The summed E-state index contributed by atoms with van der Waals surface area (Å²) < 4.78 is 5.73. The Morgan fingerprint density at radius 3 is 2.59 bits per heavy atom. The van der Waals surface area contributed by atoms with Crippen LogP contribution in [0.5, 0.6) is 5.75 Å². The van der Waals surface area contributed by atoms with Gasteiger partial charge in [-0.05, 0) is 62.8 Å². The van der Waals surface area contributed by atoms with Gasteiger partial charge in [0.25, 0.3) is 0 Å². The van der Waals surface area contributed by atoms with Gasteiger partial charge in [0.15, 0.2) is 5.11 Å². The quantitative estimate of drug-likeness (QED) is 0.828. The minimum atomic E-state index is 0.0890. The van der Waals surface area contributed by atoms with Crippen molar-refractivity contribution in [3.8, 4) is 5.75 Å². The summed E-state index contributed by atoms with van der Waals surface area (Å²) in [4.78, 5) is 4.22. The monoisotopic (exact) mass is 315 g/mol. The average molecular weight is 315 g/mol. The molecule has 0 aliphatic rings. The van der Waals surface area contributed by atoms with Gasteiger partial charge in [0.05, 0.1) is 6.04 Å². The maximum absolute atomic E-state index is 5.73. The normalized spacial score (nSPS) is 11.6. The number of aryl methyl sites for hydroxylation is 2. The van der Waals surface area contributed by atoms with E-state index in [9.17, 15) is 0 Å². The van der Waals surface area contributed by atoms with Gasteiger partial charge in [-0.2, -0.15) is 0 Å². The zero-order valence-electron chi connectivity index (χ0n) is 13.1. The van der Waals surface area contributed by atoms with Gasteiger partial charge in [-0.25, -0.2) is 4.98 Å². The Hall–Kier alpha value is -2.14. The number of anilines is 1. The third kappa shape index (κ3) is 5.33. The van der Waals surface area contributed by atoms with Gasteiger partial charge >= 0.3 is 0 Å². The molecule has 2 N–H and O–H groups in total. The first kappa shape index (κ1) is 16.2. The van der Waals surface area contributed by atoms with Crippen molar-refractivity contribution in [2.24, 2.45) is 0 Å². The third-order valence-electron chi connectivity index (χ3n) is 3.06. The fourth-order valence-electron chi connectivity index (χ4n) is 1.88. The van der Waals surface area contributed by atoms with E-state index in [-0.39, 0.29) is 6.04 Å². The van der Waals surface area contributed by atoms with E-state index in [1.54, 1.807) is 6.20 Å². The van der Waals surface area contributed by atoms with Gasteiger partial charge in [0, 0.05) is 6.20 Å². The molecular formula is C17H21N3OS. The highest BCUT2D eigenvalue weighted by Gasteiger charge is 2.06. The number of hydrogen-bond acceptors (Lipinski definition) is 3. The number of pyridine rings is 1. The van der Waals surface area contributed by atoms with Crippen molar-refractivity contribution in [1.82, 2.24) is 10.3 Å². The fraction of sp³-hybridized carbons (Fsp3) is 0.294. The first-order valence-corrected chi connectivity index (χ1v) is 7.63. The maximum Gasteiger partial charge on any atom is 0.172 e. The fourth-order valence-corrected chi connectivity index (χ4v) is 2.18. The van der Waals surface area contributed by atoms with Crippen molar-refractivity contribution in [1.29, 1.82) is 0 Å². The molecule has 0 unspecified atom stereocenters. The van der Waals surface area contributed by atoms with Gasteiger partial charge in [0.1, 0.15) is 18.2 Å². The van der Waals surface area contributed by atoms with Crippen molar-refractivity contribution >= 4 is 23.1 Å². The highest BCUT2D eigenvalue weighted by atomic mass is 32.1. The number of rotatable bonds is 5. The van der Waals surface area contributed by atoms with Gasteiger partial charge in [-0.1, -0.05) is 17.7 Å². The Morgan fingerprint density at radius 2 is 1.91 bits per heavy atom. The Labute approximate surface area is 136 Å². The largest absolute Gasteiger partial charge is 0.491 e. The SMILES string of the molecule is Cc1ccc(OC[C@@H](C)NC(=S)Nc2cc(C)ccn2)cc1. The summed E-state index contributed by atoms with van der Waals surface area (Å²) in [5.41, 5.74) is 2.35. The van der Waals surface area contributed by atoms with Crippen LogP contribution in [0.4, 0.5) is 5.82 Å². The van der Waals surface area contributed by atoms with Crippen molar-refractivity contribution in [3.63, 3.8) is 0 Å². The van der Waals surface area contributed by atoms with Crippen LogP contribution in [-0.4, -0.2) is 22.7 Å². The van der Waals surface area contributed by atoms with Crippen LogP contribution in [-0.2, 0) is 0 Å². The number of benzene rings is 1. The first-order valence-electron chi connectivity index (χ1n) is 7.22. The summed E-state index contributed by atoms with van der Waals surface area (Å²) in [7, 11) is 0. The zero-order valence-corrected chi connectivity index (χ0v) is 13.9. The average Bonchev–Trinajstić information content (AvgIpc) is 2.46. The highest BCUT2D eigenvalue weighted by Crippen LogP contribution is 2.11. The van der Waals surface area contributed by atoms with E-state index in [1.165, 1.54) is 5.56 Å². The number of nitrogens with zero attached hydrogens (tertiary/aromatic N) is 1. The molecule has 1 aromatic carbocycles. The lowest BCUT2D eigenvalue weighted by Crippen LogP contribution is -2.39. The molecular weight excluding hydrogens is 294 g/mol. The number of hydrogen-bond donors (Lipinski definition) is 2. The van der Waals surface area contributed by atoms with E-state index >= 15 is 0 Å². The highest BCUT2D eigenvalue weighted by molar-refractivity contribution is 7.80. The van der Waals surface area contributed by atoms with E-state index in [2.05, 4.69) is 22.5 Å². The lowest BCUT2D eigenvalue weighted by atomic mass is 10.2. The van der Waals surface area contributed by atoms with Gasteiger partial charge in [-0.3, -0.25) is 0 Å². The van der Waals surface area contributed by atoms with Gasteiger partial charge in [-0.15, -0.1) is 0 Å². The maximum atomic E-state index is 5.73. The molecule has 4 nitrogen and oxygen atoms in total. The molecule has 0 aliphatic heterocycles. The molecule has 0 radical (unpaired) electrons. The molecule has 2 rings (SSSR count). The molecule has 0 saturated carbocycles. The van der Waals surface area contributed by atoms with Crippen molar-refractivity contribution in [2.45, 2.75) is 26.8 Å². The first-order chi connectivity index (χ1) is 10.5. The zero-order chi connectivity index (χ0) is 15.9. The second-order valence-electron chi connectivity index (χ2n) is 5.34. The van der Waals surface area contributed by atoms with E-state index in [0.29, 0.717) is 11.7 Å². The van der Waals surface area contributed by atoms with Crippen LogP contribution in [0, 0.1) is 13.8 Å². The van der Waals surface area contributed by atoms with Crippen LogP contribution >= 0.6 is 12.2 Å². The summed E-state index contributed by atoms with van der Waals surface area (Å²) in [6, 6.07) is 12.0. The number of thiocarbonyl (C=S) groups is 1. The van der Waals surface area contributed by atoms with E-state index in [1.807, 2.05) is 50.2 Å². The van der Waals surface area contributed by atoms with Gasteiger partial charge in [0.2, 0.25) is 0 Å². The molecule has 2 aromatic rings. The lowest BCUT2D eigenvalue weighted by molar-refractivity contribution is 0.287. The predicted molar refractivity (Wildman–Crippen MR) is 94.5 cm³/mol. The molecule has 1 atom stereocenters. The lowest BCUT2D eigenvalue weighted by Gasteiger charge is -2.17. The molecule has 116 valence electrons. The summed E-state index contributed by atoms with van der Waals surface area (Å²) in [5, 5.41) is 6.80. The second kappa shape index (κ2) is 7.75. The molecule has 0 amide bonds. The molecule has 0 fully saturated rings. The topological polar surface area (TPSA) is 46.2 Å². The molecule has 0 spiro atoms. The molecule has 0 saturated heterocycles. The number of ether oxygens (including phenoxy) is 1. The third-order valence-corrected chi connectivity index (χ3v) is 3.28. The van der Waals surface area contributed by atoms with Crippen LogP contribution in [0.25, 0.3) is 0 Å². The molecule has 22 heavy (non-hydrogen) atoms. The number of aromatic nitrogens is 1.